The second kappa shape index (κ2) is 7.78. The molecule has 3 rings (SSSR count). The molecule has 2 aromatic carbocycles. The smallest absolute Gasteiger partial charge is 0.255 e. The number of benzene rings is 2. The lowest BCUT2D eigenvalue weighted by atomic mass is 10.0. The molecule has 1 N–H and O–H groups in total. The average molecular weight is 390 g/mol. The highest BCUT2D eigenvalue weighted by Crippen LogP contribution is 2.24. The van der Waals surface area contributed by atoms with E-state index in [9.17, 15) is 17.6 Å². The SMILES string of the molecule is Cc1ccc(C(=O)Nc2ccc(S(=O)(=O)N3CCC(C)CC3)cc2)cc1F. The zero-order chi connectivity index (χ0) is 19.6. The van der Waals surface area contributed by atoms with E-state index in [1.807, 2.05) is 0 Å². The number of rotatable bonds is 4. The van der Waals surface area contributed by atoms with Crippen LogP contribution >= 0.6 is 0 Å². The van der Waals surface area contributed by atoms with Crippen molar-refractivity contribution in [3.05, 3.63) is 59.4 Å². The Bertz CT molecular complexity index is 934. The molecule has 2 aromatic rings. The third-order valence-corrected chi connectivity index (χ3v) is 6.84. The van der Waals surface area contributed by atoms with Gasteiger partial charge in [0.05, 0.1) is 4.90 Å². The Morgan fingerprint density at radius 2 is 1.74 bits per heavy atom. The Hall–Kier alpha value is -2.25. The van der Waals surface area contributed by atoms with Crippen molar-refractivity contribution in [2.24, 2.45) is 5.92 Å². The number of amides is 1. The summed E-state index contributed by atoms with van der Waals surface area (Å²) in [5.74, 6) is -0.352. The van der Waals surface area contributed by atoms with E-state index in [4.69, 9.17) is 0 Å². The van der Waals surface area contributed by atoms with Gasteiger partial charge in [-0.15, -0.1) is 0 Å². The van der Waals surface area contributed by atoms with Gasteiger partial charge in [-0.25, -0.2) is 12.8 Å². The predicted octanol–water partition coefficient (Wildman–Crippen LogP) is 3.81. The van der Waals surface area contributed by atoms with Crippen LogP contribution in [0, 0.1) is 18.7 Å². The number of anilines is 1. The number of carbonyl (C=O) groups is 1. The molecule has 0 bridgehead atoms. The third-order valence-electron chi connectivity index (χ3n) is 4.93. The molecule has 27 heavy (non-hydrogen) atoms. The molecule has 0 aromatic heterocycles. The number of hydrogen-bond acceptors (Lipinski definition) is 3. The molecule has 0 radical (unpaired) electrons. The summed E-state index contributed by atoms with van der Waals surface area (Å²) in [4.78, 5) is 12.4. The molecule has 1 amide bonds. The summed E-state index contributed by atoms with van der Waals surface area (Å²) in [6.07, 6.45) is 1.72. The molecule has 0 atom stereocenters. The Morgan fingerprint density at radius 1 is 1.11 bits per heavy atom. The largest absolute Gasteiger partial charge is 0.322 e. The van der Waals surface area contributed by atoms with E-state index in [1.165, 1.54) is 22.5 Å². The van der Waals surface area contributed by atoms with Gasteiger partial charge in [0.2, 0.25) is 10.0 Å². The van der Waals surface area contributed by atoms with Crippen LogP contribution in [0.4, 0.5) is 10.1 Å². The lowest BCUT2D eigenvalue weighted by Crippen LogP contribution is -2.37. The maximum Gasteiger partial charge on any atom is 0.255 e. The fourth-order valence-corrected chi connectivity index (χ4v) is 4.49. The maximum atomic E-state index is 13.6. The van der Waals surface area contributed by atoms with Gasteiger partial charge in [-0.2, -0.15) is 4.31 Å². The van der Waals surface area contributed by atoms with E-state index in [2.05, 4.69) is 12.2 Å². The molecule has 144 valence electrons. The van der Waals surface area contributed by atoms with Gasteiger partial charge in [-0.3, -0.25) is 4.79 Å². The number of sulfonamides is 1. The van der Waals surface area contributed by atoms with Gasteiger partial charge >= 0.3 is 0 Å². The minimum Gasteiger partial charge on any atom is -0.322 e. The highest BCUT2D eigenvalue weighted by Gasteiger charge is 2.27. The molecule has 0 saturated carbocycles. The standard InChI is InChI=1S/C20H23FN2O3S/c1-14-9-11-23(12-10-14)27(25,26)18-7-5-17(6-8-18)22-20(24)16-4-3-15(2)19(21)13-16/h3-8,13-14H,9-12H2,1-2H3,(H,22,24). The lowest BCUT2D eigenvalue weighted by molar-refractivity contribution is 0.102. The van der Waals surface area contributed by atoms with Crippen LogP contribution in [0.15, 0.2) is 47.4 Å². The first-order valence-electron chi connectivity index (χ1n) is 8.95. The summed E-state index contributed by atoms with van der Waals surface area (Å²) in [7, 11) is -3.52. The minimum absolute atomic E-state index is 0.205. The number of halogens is 1. The first-order valence-corrected chi connectivity index (χ1v) is 10.4. The van der Waals surface area contributed by atoms with E-state index >= 15 is 0 Å². The van der Waals surface area contributed by atoms with Gasteiger partial charge in [-0.05, 0) is 67.6 Å². The Kier molecular flexibility index (Phi) is 5.62. The first-order chi connectivity index (χ1) is 12.8. The molecule has 0 unspecified atom stereocenters. The molecule has 0 aliphatic carbocycles. The third kappa shape index (κ3) is 4.36. The second-order valence-corrected chi connectivity index (χ2v) is 8.97. The number of nitrogens with zero attached hydrogens (tertiary/aromatic N) is 1. The molecule has 1 heterocycles. The van der Waals surface area contributed by atoms with Gasteiger partial charge in [0.1, 0.15) is 5.82 Å². The molecule has 5 nitrogen and oxygen atoms in total. The van der Waals surface area contributed by atoms with Crippen molar-refractivity contribution < 1.29 is 17.6 Å². The Balaban J connectivity index is 1.71. The number of aryl methyl sites for hydroxylation is 1. The van der Waals surface area contributed by atoms with Crippen molar-refractivity contribution in [3.8, 4) is 0 Å². The van der Waals surface area contributed by atoms with Crippen molar-refractivity contribution in [2.75, 3.05) is 18.4 Å². The number of hydrogen-bond donors (Lipinski definition) is 1. The van der Waals surface area contributed by atoms with E-state index in [0.717, 1.165) is 12.8 Å². The van der Waals surface area contributed by atoms with E-state index < -0.39 is 21.7 Å². The number of carbonyl (C=O) groups excluding carboxylic acids is 1. The zero-order valence-corrected chi connectivity index (χ0v) is 16.2. The van der Waals surface area contributed by atoms with Crippen LogP contribution in [0.25, 0.3) is 0 Å². The van der Waals surface area contributed by atoms with Gasteiger partial charge < -0.3 is 5.32 Å². The Morgan fingerprint density at radius 3 is 2.33 bits per heavy atom. The molecule has 1 saturated heterocycles. The molecule has 1 fully saturated rings. The number of nitrogens with one attached hydrogen (secondary N) is 1. The Labute approximate surface area is 159 Å². The van der Waals surface area contributed by atoms with Gasteiger partial charge in [0.15, 0.2) is 0 Å². The molecule has 7 heteroatoms. The van der Waals surface area contributed by atoms with E-state index in [0.29, 0.717) is 30.3 Å². The summed E-state index contributed by atoms with van der Waals surface area (Å²) in [6.45, 7) is 4.81. The van der Waals surface area contributed by atoms with Crippen molar-refractivity contribution in [2.45, 2.75) is 31.6 Å². The molecular weight excluding hydrogens is 367 g/mol. The summed E-state index contributed by atoms with van der Waals surface area (Å²) in [5.41, 5.74) is 1.12. The fourth-order valence-electron chi connectivity index (χ4n) is 3.02. The van der Waals surface area contributed by atoms with Crippen molar-refractivity contribution in [1.82, 2.24) is 4.31 Å². The van der Waals surface area contributed by atoms with Crippen molar-refractivity contribution in [3.63, 3.8) is 0 Å². The van der Waals surface area contributed by atoms with Crippen LogP contribution < -0.4 is 5.32 Å². The molecule has 1 aliphatic heterocycles. The van der Waals surface area contributed by atoms with Crippen LogP contribution in [-0.2, 0) is 10.0 Å². The number of piperidine rings is 1. The van der Waals surface area contributed by atoms with Gasteiger partial charge in [0.25, 0.3) is 5.91 Å². The van der Waals surface area contributed by atoms with E-state index in [1.54, 1.807) is 31.2 Å². The summed E-state index contributed by atoms with van der Waals surface area (Å²) >= 11 is 0. The average Bonchev–Trinajstić information content (AvgIpc) is 2.64. The van der Waals surface area contributed by atoms with Gasteiger partial charge in [-0.1, -0.05) is 13.0 Å². The first kappa shape index (κ1) is 19.5. The molecule has 0 spiro atoms. The normalized spacial score (nSPS) is 16.3. The van der Waals surface area contributed by atoms with Crippen molar-refractivity contribution >= 4 is 21.6 Å². The zero-order valence-electron chi connectivity index (χ0n) is 15.4. The predicted molar refractivity (Wildman–Crippen MR) is 103 cm³/mol. The van der Waals surface area contributed by atoms with Crippen LogP contribution in [0.1, 0.15) is 35.7 Å². The monoisotopic (exact) mass is 390 g/mol. The molecular formula is C20H23FN2O3S. The second-order valence-electron chi connectivity index (χ2n) is 7.03. The molecule has 1 aliphatic rings. The minimum atomic E-state index is -3.52. The van der Waals surface area contributed by atoms with Crippen molar-refractivity contribution in [1.29, 1.82) is 0 Å². The van der Waals surface area contributed by atoms with Crippen LogP contribution in [-0.4, -0.2) is 31.7 Å². The quantitative estimate of drug-likeness (QED) is 0.863. The van der Waals surface area contributed by atoms with E-state index in [-0.39, 0.29) is 10.5 Å². The topological polar surface area (TPSA) is 66.5 Å². The van der Waals surface area contributed by atoms with Crippen LogP contribution in [0.3, 0.4) is 0 Å². The van der Waals surface area contributed by atoms with Crippen LogP contribution in [0.5, 0.6) is 0 Å². The maximum absolute atomic E-state index is 13.6. The summed E-state index contributed by atoms with van der Waals surface area (Å²) < 4.78 is 40.6. The highest BCUT2D eigenvalue weighted by atomic mass is 32.2. The summed E-state index contributed by atoms with van der Waals surface area (Å²) in [5, 5.41) is 2.65. The van der Waals surface area contributed by atoms with Crippen LogP contribution in [0.2, 0.25) is 0 Å². The fraction of sp³-hybridized carbons (Fsp3) is 0.350. The van der Waals surface area contributed by atoms with Gasteiger partial charge in [0, 0.05) is 24.3 Å². The summed E-state index contributed by atoms with van der Waals surface area (Å²) in [6, 6.07) is 10.3. The lowest BCUT2D eigenvalue weighted by Gasteiger charge is -2.29. The highest BCUT2D eigenvalue weighted by molar-refractivity contribution is 7.89.